The highest BCUT2D eigenvalue weighted by molar-refractivity contribution is 7.89. The monoisotopic (exact) mass is 462 g/mol. The van der Waals surface area contributed by atoms with Crippen molar-refractivity contribution in [1.29, 1.82) is 0 Å². The van der Waals surface area contributed by atoms with Crippen LogP contribution in [-0.4, -0.2) is 46.8 Å². The normalized spacial score (nSPS) is 15.8. The maximum Gasteiger partial charge on any atom is 0.310 e. The van der Waals surface area contributed by atoms with Crippen molar-refractivity contribution in [3.8, 4) is 0 Å². The highest BCUT2D eigenvalue weighted by atomic mass is 35.5. The molecule has 0 atom stereocenters. The van der Waals surface area contributed by atoms with Gasteiger partial charge in [0.1, 0.15) is 5.52 Å². The van der Waals surface area contributed by atoms with Gasteiger partial charge in [-0.2, -0.15) is 8.99 Å². The number of benzene rings is 2. The van der Waals surface area contributed by atoms with E-state index >= 15 is 0 Å². The van der Waals surface area contributed by atoms with Crippen LogP contribution in [0.1, 0.15) is 12.8 Å². The van der Waals surface area contributed by atoms with Crippen LogP contribution < -0.4 is 5.56 Å². The van der Waals surface area contributed by atoms with Gasteiger partial charge < -0.3 is 4.74 Å². The van der Waals surface area contributed by atoms with Gasteiger partial charge in [-0.05, 0) is 49.2 Å². The standard InChI is InChI=1S/C20H19ClN4O5S/c21-15-5-7-16(8-6-15)31(28,29)24-11-9-14(10-12-24)20(27)30-13-25-19(26)17-3-1-2-4-18(17)22-23-25/h1-8,14H,9-13H2. The van der Waals surface area contributed by atoms with Crippen molar-refractivity contribution in [3.05, 3.63) is 63.9 Å². The molecule has 0 bridgehead atoms. The van der Waals surface area contributed by atoms with Crippen molar-refractivity contribution in [2.45, 2.75) is 24.5 Å². The Morgan fingerprint density at radius 2 is 1.77 bits per heavy atom. The van der Waals surface area contributed by atoms with E-state index in [0.29, 0.717) is 28.8 Å². The average Bonchev–Trinajstić information content (AvgIpc) is 2.79. The quantitative estimate of drug-likeness (QED) is 0.533. The van der Waals surface area contributed by atoms with Gasteiger partial charge in [-0.1, -0.05) is 28.9 Å². The van der Waals surface area contributed by atoms with Crippen LogP contribution in [0, 0.1) is 5.92 Å². The number of hydrogen-bond acceptors (Lipinski definition) is 7. The molecule has 1 aliphatic rings. The van der Waals surface area contributed by atoms with Crippen molar-refractivity contribution in [3.63, 3.8) is 0 Å². The molecule has 0 N–H and O–H groups in total. The molecule has 1 aromatic heterocycles. The average molecular weight is 463 g/mol. The number of carbonyl (C=O) groups excluding carboxylic acids is 1. The first-order valence-electron chi connectivity index (χ1n) is 9.61. The topological polar surface area (TPSA) is 111 Å². The minimum Gasteiger partial charge on any atom is -0.442 e. The van der Waals surface area contributed by atoms with Gasteiger partial charge in [0.05, 0.1) is 16.2 Å². The third-order valence-corrected chi connectivity index (χ3v) is 7.36. The molecular formula is C20H19ClN4O5S. The molecule has 9 nitrogen and oxygen atoms in total. The van der Waals surface area contributed by atoms with Crippen LogP contribution in [0.4, 0.5) is 0 Å². The van der Waals surface area contributed by atoms with E-state index in [2.05, 4.69) is 10.3 Å². The van der Waals surface area contributed by atoms with E-state index in [-0.39, 0.29) is 24.7 Å². The molecule has 2 aromatic carbocycles. The van der Waals surface area contributed by atoms with Gasteiger partial charge in [-0.25, -0.2) is 8.42 Å². The summed E-state index contributed by atoms with van der Waals surface area (Å²) in [7, 11) is -3.65. The molecule has 0 radical (unpaired) electrons. The van der Waals surface area contributed by atoms with Gasteiger partial charge in [0.15, 0.2) is 6.73 Å². The zero-order chi connectivity index (χ0) is 22.0. The number of rotatable bonds is 5. The van der Waals surface area contributed by atoms with Crippen LogP contribution in [0.5, 0.6) is 0 Å². The molecule has 3 aromatic rings. The number of nitrogens with zero attached hydrogens (tertiary/aromatic N) is 4. The van der Waals surface area contributed by atoms with Crippen LogP contribution in [0.2, 0.25) is 5.02 Å². The molecule has 11 heteroatoms. The number of piperidine rings is 1. The lowest BCUT2D eigenvalue weighted by Gasteiger charge is -2.30. The van der Waals surface area contributed by atoms with E-state index in [1.54, 1.807) is 24.3 Å². The van der Waals surface area contributed by atoms with Crippen molar-refractivity contribution in [1.82, 2.24) is 19.3 Å². The Hall–Kier alpha value is -2.82. The molecule has 31 heavy (non-hydrogen) atoms. The van der Waals surface area contributed by atoms with Gasteiger partial charge in [0.2, 0.25) is 10.0 Å². The molecule has 1 aliphatic heterocycles. The Bertz CT molecular complexity index is 1270. The Kier molecular flexibility index (Phi) is 6.03. The van der Waals surface area contributed by atoms with Crippen molar-refractivity contribution < 1.29 is 17.9 Å². The fraction of sp³-hybridized carbons (Fsp3) is 0.300. The first-order valence-corrected chi connectivity index (χ1v) is 11.4. The second-order valence-corrected chi connectivity index (χ2v) is 9.51. The molecular weight excluding hydrogens is 444 g/mol. The highest BCUT2D eigenvalue weighted by Gasteiger charge is 2.32. The largest absolute Gasteiger partial charge is 0.442 e. The van der Waals surface area contributed by atoms with Gasteiger partial charge in [-0.15, -0.1) is 5.10 Å². The number of fused-ring (bicyclic) bond motifs is 1. The lowest BCUT2D eigenvalue weighted by molar-refractivity contribution is -0.154. The third kappa shape index (κ3) is 4.46. The summed E-state index contributed by atoms with van der Waals surface area (Å²) < 4.78 is 33.1. The van der Waals surface area contributed by atoms with Gasteiger partial charge in [0.25, 0.3) is 5.56 Å². The predicted octanol–water partition coefficient (Wildman–Crippen LogP) is 2.05. The number of halogens is 1. The highest BCUT2D eigenvalue weighted by Crippen LogP contribution is 2.25. The smallest absolute Gasteiger partial charge is 0.310 e. The number of hydrogen-bond donors (Lipinski definition) is 0. The molecule has 0 aliphatic carbocycles. The SMILES string of the molecule is O=C(OCn1nnc2ccccc2c1=O)C1CCN(S(=O)(=O)c2ccc(Cl)cc2)CC1. The predicted molar refractivity (Wildman–Crippen MR) is 113 cm³/mol. The van der Waals surface area contributed by atoms with Crippen LogP contribution in [0.3, 0.4) is 0 Å². The van der Waals surface area contributed by atoms with Crippen LogP contribution in [0.25, 0.3) is 10.9 Å². The summed E-state index contributed by atoms with van der Waals surface area (Å²) in [6, 6.07) is 12.7. The fourth-order valence-electron chi connectivity index (χ4n) is 3.44. The Morgan fingerprint density at radius 3 is 2.48 bits per heavy atom. The number of esters is 1. The second kappa shape index (κ2) is 8.74. The van der Waals surface area contributed by atoms with Crippen LogP contribution in [0.15, 0.2) is 58.2 Å². The van der Waals surface area contributed by atoms with E-state index in [4.69, 9.17) is 16.3 Å². The van der Waals surface area contributed by atoms with Crippen LogP contribution in [-0.2, 0) is 26.3 Å². The first-order chi connectivity index (χ1) is 14.9. The summed E-state index contributed by atoms with van der Waals surface area (Å²) in [5, 5.41) is 8.57. The molecule has 1 fully saturated rings. The number of ether oxygens (including phenoxy) is 1. The second-order valence-electron chi connectivity index (χ2n) is 7.14. The van der Waals surface area contributed by atoms with Gasteiger partial charge in [-0.3, -0.25) is 9.59 Å². The molecule has 0 amide bonds. The summed E-state index contributed by atoms with van der Waals surface area (Å²) in [5.41, 5.74) is 0.0617. The van der Waals surface area contributed by atoms with E-state index < -0.39 is 27.5 Å². The summed E-state index contributed by atoms with van der Waals surface area (Å²) in [5.74, 6) is -0.953. The molecule has 4 rings (SSSR count). The maximum absolute atomic E-state index is 12.7. The number of sulfonamides is 1. The molecule has 2 heterocycles. The van der Waals surface area contributed by atoms with Crippen molar-refractivity contribution in [2.24, 2.45) is 5.92 Å². The zero-order valence-electron chi connectivity index (χ0n) is 16.3. The third-order valence-electron chi connectivity index (χ3n) is 5.20. The molecule has 0 spiro atoms. The molecule has 162 valence electrons. The minimum atomic E-state index is -3.65. The fourth-order valence-corrected chi connectivity index (χ4v) is 5.03. The van der Waals surface area contributed by atoms with Crippen molar-refractivity contribution >= 4 is 38.5 Å². The molecule has 0 saturated carbocycles. The lowest BCUT2D eigenvalue weighted by Crippen LogP contribution is -2.40. The van der Waals surface area contributed by atoms with Crippen LogP contribution >= 0.6 is 11.6 Å². The Morgan fingerprint density at radius 1 is 1.10 bits per heavy atom. The van der Waals surface area contributed by atoms with E-state index in [0.717, 1.165) is 4.68 Å². The summed E-state index contributed by atoms with van der Waals surface area (Å²) in [4.78, 5) is 25.0. The summed E-state index contributed by atoms with van der Waals surface area (Å²) >= 11 is 5.82. The summed E-state index contributed by atoms with van der Waals surface area (Å²) in [6.07, 6.45) is 0.647. The minimum absolute atomic E-state index is 0.159. The Labute approximate surface area is 183 Å². The summed E-state index contributed by atoms with van der Waals surface area (Å²) in [6.45, 7) is 0.0414. The Balaban J connectivity index is 1.36. The van der Waals surface area contributed by atoms with Gasteiger partial charge in [0, 0.05) is 18.1 Å². The van der Waals surface area contributed by atoms with E-state index in [1.807, 2.05) is 0 Å². The number of carbonyl (C=O) groups is 1. The first kappa shape index (κ1) is 21.4. The van der Waals surface area contributed by atoms with E-state index in [9.17, 15) is 18.0 Å². The van der Waals surface area contributed by atoms with Crippen molar-refractivity contribution in [2.75, 3.05) is 13.1 Å². The zero-order valence-corrected chi connectivity index (χ0v) is 17.9. The van der Waals surface area contributed by atoms with Gasteiger partial charge >= 0.3 is 5.97 Å². The molecule has 1 saturated heterocycles. The van der Waals surface area contributed by atoms with E-state index in [1.165, 1.54) is 28.6 Å². The number of aromatic nitrogens is 3. The lowest BCUT2D eigenvalue weighted by atomic mass is 9.99. The molecule has 0 unspecified atom stereocenters. The maximum atomic E-state index is 12.7.